The average Bonchev–Trinajstić information content (AvgIpc) is 2.96. The van der Waals surface area contributed by atoms with Gasteiger partial charge < -0.3 is 14.4 Å². The van der Waals surface area contributed by atoms with E-state index in [9.17, 15) is 31.1 Å². The van der Waals surface area contributed by atoms with Crippen LogP contribution in [0.4, 0.5) is 32.0 Å². The van der Waals surface area contributed by atoms with Crippen LogP contribution in [0.5, 0.6) is 6.01 Å². The SMILES string of the molecule is Cc1ccc(-c2nc(OCCN3CCOCC3)ncc2N(C)C(=O)C(C)(C)c2cc(C(F)(F)F)cc(C(F)(F)F)c2)cc1. The Hall–Kier alpha value is -3.71. The van der Waals surface area contributed by atoms with Gasteiger partial charge in [0.15, 0.2) is 0 Å². The molecule has 1 amide bonds. The van der Waals surface area contributed by atoms with Gasteiger partial charge in [-0.15, -0.1) is 0 Å². The van der Waals surface area contributed by atoms with Crippen molar-refractivity contribution in [3.63, 3.8) is 0 Å². The zero-order valence-electron chi connectivity index (χ0n) is 24.1. The van der Waals surface area contributed by atoms with Crippen molar-refractivity contribution < 1.29 is 40.6 Å². The maximum Gasteiger partial charge on any atom is 0.416 e. The van der Waals surface area contributed by atoms with E-state index >= 15 is 0 Å². The van der Waals surface area contributed by atoms with Crippen molar-refractivity contribution in [1.82, 2.24) is 14.9 Å². The number of carbonyl (C=O) groups excluding carboxylic acids is 1. The zero-order chi connectivity index (χ0) is 31.6. The molecule has 0 unspecified atom stereocenters. The number of aryl methyl sites for hydroxylation is 1. The van der Waals surface area contributed by atoms with E-state index in [4.69, 9.17) is 9.47 Å². The summed E-state index contributed by atoms with van der Waals surface area (Å²) < 4.78 is 92.4. The number of amides is 1. The number of hydrogen-bond acceptors (Lipinski definition) is 6. The lowest BCUT2D eigenvalue weighted by Gasteiger charge is -2.31. The number of carbonyl (C=O) groups is 1. The number of halogens is 6. The second kappa shape index (κ2) is 12.5. The Morgan fingerprint density at radius 1 is 0.953 bits per heavy atom. The molecule has 0 N–H and O–H groups in total. The monoisotopic (exact) mass is 610 g/mol. The highest BCUT2D eigenvalue weighted by Gasteiger charge is 2.41. The third-order valence-electron chi connectivity index (χ3n) is 7.32. The molecule has 2 heterocycles. The van der Waals surface area contributed by atoms with Crippen LogP contribution in [0.2, 0.25) is 0 Å². The smallest absolute Gasteiger partial charge is 0.416 e. The number of hydrogen-bond donors (Lipinski definition) is 0. The topological polar surface area (TPSA) is 67.8 Å². The molecular formula is C30H32F6N4O3. The first-order valence-corrected chi connectivity index (χ1v) is 13.5. The minimum absolute atomic E-state index is 0.0366. The third-order valence-corrected chi connectivity index (χ3v) is 7.32. The summed E-state index contributed by atoms with van der Waals surface area (Å²) in [5, 5.41) is 0. The minimum Gasteiger partial charge on any atom is -0.462 e. The molecule has 3 aromatic rings. The molecule has 1 aliphatic rings. The van der Waals surface area contributed by atoms with E-state index < -0.39 is 40.4 Å². The van der Waals surface area contributed by atoms with E-state index in [1.54, 1.807) is 12.1 Å². The number of ether oxygens (including phenoxy) is 2. The summed E-state index contributed by atoms with van der Waals surface area (Å²) in [6, 6.07) is 8.48. The molecule has 0 aliphatic carbocycles. The Morgan fingerprint density at radius 3 is 2.07 bits per heavy atom. The fraction of sp³-hybridized carbons (Fsp3) is 0.433. The van der Waals surface area contributed by atoms with E-state index in [1.807, 2.05) is 19.1 Å². The summed E-state index contributed by atoms with van der Waals surface area (Å²) in [7, 11) is 1.37. The summed E-state index contributed by atoms with van der Waals surface area (Å²) >= 11 is 0. The van der Waals surface area contributed by atoms with Gasteiger partial charge in [-0.25, -0.2) is 4.98 Å². The number of rotatable bonds is 8. The molecule has 2 aromatic carbocycles. The number of likely N-dealkylation sites (N-methyl/N-ethyl adjacent to an activating group) is 1. The van der Waals surface area contributed by atoms with Crippen LogP contribution >= 0.6 is 0 Å². The van der Waals surface area contributed by atoms with Gasteiger partial charge in [0.05, 0.1) is 41.6 Å². The van der Waals surface area contributed by atoms with E-state index in [-0.39, 0.29) is 17.8 Å². The molecule has 232 valence electrons. The largest absolute Gasteiger partial charge is 0.462 e. The summed E-state index contributed by atoms with van der Waals surface area (Å²) in [4.78, 5) is 25.9. The van der Waals surface area contributed by atoms with Gasteiger partial charge in [-0.05, 0) is 44.5 Å². The van der Waals surface area contributed by atoms with Crippen molar-refractivity contribution in [3.8, 4) is 17.3 Å². The van der Waals surface area contributed by atoms with Crippen molar-refractivity contribution in [2.45, 2.75) is 38.5 Å². The van der Waals surface area contributed by atoms with E-state index in [2.05, 4.69) is 14.9 Å². The molecule has 1 aliphatic heterocycles. The van der Waals surface area contributed by atoms with Crippen LogP contribution in [0.1, 0.15) is 36.1 Å². The number of alkyl halides is 6. The van der Waals surface area contributed by atoms with Crippen LogP contribution in [0.3, 0.4) is 0 Å². The molecule has 0 spiro atoms. The second-order valence-corrected chi connectivity index (χ2v) is 10.8. The van der Waals surface area contributed by atoms with Gasteiger partial charge in [-0.3, -0.25) is 9.69 Å². The lowest BCUT2D eigenvalue weighted by Crippen LogP contribution is -2.42. The Balaban J connectivity index is 1.68. The first-order valence-electron chi connectivity index (χ1n) is 13.5. The zero-order valence-corrected chi connectivity index (χ0v) is 24.1. The highest BCUT2D eigenvalue weighted by Crippen LogP contribution is 2.40. The molecule has 0 atom stereocenters. The molecule has 7 nitrogen and oxygen atoms in total. The lowest BCUT2D eigenvalue weighted by atomic mass is 9.81. The molecule has 43 heavy (non-hydrogen) atoms. The number of morpholine rings is 1. The Kier molecular flexibility index (Phi) is 9.36. The Bertz CT molecular complexity index is 1400. The number of anilines is 1. The van der Waals surface area contributed by atoms with Crippen molar-refractivity contribution in [3.05, 3.63) is 70.9 Å². The molecule has 1 aromatic heterocycles. The number of nitrogens with zero attached hydrogens (tertiary/aromatic N) is 4. The Labute approximate surface area is 245 Å². The number of aromatic nitrogens is 2. The van der Waals surface area contributed by atoms with Crippen molar-refractivity contribution in [2.24, 2.45) is 0 Å². The van der Waals surface area contributed by atoms with Crippen molar-refractivity contribution in [1.29, 1.82) is 0 Å². The molecular weight excluding hydrogens is 578 g/mol. The van der Waals surface area contributed by atoms with Gasteiger partial charge in [-0.1, -0.05) is 29.8 Å². The van der Waals surface area contributed by atoms with Crippen LogP contribution in [-0.4, -0.2) is 67.3 Å². The first kappa shape index (κ1) is 32.2. The van der Waals surface area contributed by atoms with Crippen molar-refractivity contribution >= 4 is 11.6 Å². The van der Waals surface area contributed by atoms with Crippen molar-refractivity contribution in [2.75, 3.05) is 51.4 Å². The van der Waals surface area contributed by atoms with Gasteiger partial charge in [0.2, 0.25) is 5.91 Å². The minimum atomic E-state index is -5.05. The molecule has 4 rings (SSSR count). The summed E-state index contributed by atoms with van der Waals surface area (Å²) in [6.45, 7) is 8.19. The normalized spacial score (nSPS) is 14.9. The fourth-order valence-electron chi connectivity index (χ4n) is 4.66. The third kappa shape index (κ3) is 7.63. The quantitative estimate of drug-likeness (QED) is 0.286. The number of benzene rings is 2. The lowest BCUT2D eigenvalue weighted by molar-refractivity contribution is -0.143. The van der Waals surface area contributed by atoms with Gasteiger partial charge in [-0.2, -0.15) is 31.3 Å². The maximum absolute atomic E-state index is 13.8. The second-order valence-electron chi connectivity index (χ2n) is 10.8. The molecule has 13 heteroatoms. The van der Waals surface area contributed by atoms with Crippen LogP contribution in [0, 0.1) is 6.92 Å². The van der Waals surface area contributed by atoms with Gasteiger partial charge in [0, 0.05) is 32.2 Å². The first-order chi connectivity index (χ1) is 20.1. The predicted molar refractivity (Wildman–Crippen MR) is 148 cm³/mol. The highest BCUT2D eigenvalue weighted by molar-refractivity contribution is 6.02. The Morgan fingerprint density at radius 2 is 1.51 bits per heavy atom. The van der Waals surface area contributed by atoms with Crippen LogP contribution in [-0.2, 0) is 27.3 Å². The summed E-state index contributed by atoms with van der Waals surface area (Å²) in [5.74, 6) is -0.766. The predicted octanol–water partition coefficient (Wildman–Crippen LogP) is 6.14. The summed E-state index contributed by atoms with van der Waals surface area (Å²) in [5.41, 5.74) is -3.14. The molecule has 0 saturated carbocycles. The van der Waals surface area contributed by atoms with Crippen LogP contribution in [0.25, 0.3) is 11.3 Å². The van der Waals surface area contributed by atoms with Gasteiger partial charge >= 0.3 is 18.4 Å². The van der Waals surface area contributed by atoms with Gasteiger partial charge in [0.25, 0.3) is 0 Å². The molecule has 1 fully saturated rings. The fourth-order valence-corrected chi connectivity index (χ4v) is 4.66. The van der Waals surface area contributed by atoms with Crippen LogP contribution in [0.15, 0.2) is 48.7 Å². The maximum atomic E-state index is 13.8. The molecule has 0 bridgehead atoms. The van der Waals surface area contributed by atoms with Crippen LogP contribution < -0.4 is 9.64 Å². The van der Waals surface area contributed by atoms with E-state index in [1.165, 1.54) is 27.1 Å². The van der Waals surface area contributed by atoms with E-state index in [0.29, 0.717) is 49.8 Å². The highest BCUT2D eigenvalue weighted by atomic mass is 19.4. The standard InChI is InChI=1S/C30H32F6N4O3/c1-19-5-7-20(8-6-19)25-24(18-37-27(38-25)43-14-11-40-9-12-42-13-10-40)39(4)26(41)28(2,3)21-15-22(29(31,32)33)17-23(16-21)30(34,35)36/h5-8,15-18H,9-14H2,1-4H3. The molecule has 1 saturated heterocycles. The van der Waals surface area contributed by atoms with E-state index in [0.717, 1.165) is 23.6 Å². The summed E-state index contributed by atoms with van der Waals surface area (Å²) in [6.07, 6.45) is -8.75. The average molecular weight is 611 g/mol. The molecule has 0 radical (unpaired) electrons. The van der Waals surface area contributed by atoms with Gasteiger partial charge in [0.1, 0.15) is 12.3 Å².